The Balaban J connectivity index is 1.20. The maximum atomic E-state index is 12.9. The van der Waals surface area contributed by atoms with Crippen molar-refractivity contribution in [2.45, 2.75) is 12.7 Å². The number of benzene rings is 2. The number of nitrogens with zero attached hydrogens (tertiary/aromatic N) is 4. The summed E-state index contributed by atoms with van der Waals surface area (Å²) >= 11 is 0. The molecule has 0 atom stereocenters. The maximum absolute atomic E-state index is 12.9. The standard InChI is InChI=1S/C27H25F3N6O4S/c28-27(29,30)17-40-23-6-2-5-22(32-23)25-33-24(34-35-25)19-7-9-21(10-8-19)31-26(37)20-4-1-3-18(15-20)16-36-11-13-41(38,39)14-12-36/h1-10,15H,11-14,16-17H2,(H,31,37)(H,33,34,35). The fourth-order valence-electron chi connectivity index (χ4n) is 4.17. The summed E-state index contributed by atoms with van der Waals surface area (Å²) in [6.45, 7) is 0.0458. The molecule has 1 aliphatic heterocycles. The van der Waals surface area contributed by atoms with E-state index in [2.05, 4.69) is 30.4 Å². The number of pyridine rings is 1. The molecule has 1 aliphatic rings. The maximum Gasteiger partial charge on any atom is 0.422 e. The number of carbonyl (C=O) groups is 1. The highest BCUT2D eigenvalue weighted by atomic mass is 32.2. The number of rotatable bonds is 8. The van der Waals surface area contributed by atoms with Gasteiger partial charge >= 0.3 is 6.18 Å². The monoisotopic (exact) mass is 586 g/mol. The van der Waals surface area contributed by atoms with Crippen LogP contribution in [-0.4, -0.2) is 76.8 Å². The van der Waals surface area contributed by atoms with Gasteiger partial charge in [0.1, 0.15) is 5.69 Å². The van der Waals surface area contributed by atoms with Gasteiger partial charge < -0.3 is 10.1 Å². The molecule has 0 bridgehead atoms. The van der Waals surface area contributed by atoms with Gasteiger partial charge in [-0.25, -0.2) is 18.4 Å². The number of carbonyl (C=O) groups excluding carboxylic acids is 1. The minimum atomic E-state index is -4.48. The van der Waals surface area contributed by atoms with Crippen molar-refractivity contribution in [1.82, 2.24) is 25.1 Å². The van der Waals surface area contributed by atoms with Crippen LogP contribution < -0.4 is 10.1 Å². The number of alkyl halides is 3. The molecule has 214 valence electrons. The van der Waals surface area contributed by atoms with Gasteiger partial charge in [0, 0.05) is 42.5 Å². The molecule has 3 heterocycles. The summed E-state index contributed by atoms with van der Waals surface area (Å²) in [5.74, 6) is 0.385. The molecule has 0 unspecified atom stereocenters. The summed E-state index contributed by atoms with van der Waals surface area (Å²) in [5, 5.41) is 9.74. The molecule has 0 aliphatic carbocycles. The molecule has 0 saturated carbocycles. The van der Waals surface area contributed by atoms with Crippen LogP contribution in [-0.2, 0) is 16.4 Å². The van der Waals surface area contributed by atoms with Crippen LogP contribution in [0.2, 0.25) is 0 Å². The van der Waals surface area contributed by atoms with Crippen LogP contribution in [0.25, 0.3) is 22.9 Å². The summed E-state index contributed by atoms with van der Waals surface area (Å²) < 4.78 is 65.3. The highest BCUT2D eigenvalue weighted by Crippen LogP contribution is 2.23. The lowest BCUT2D eigenvalue weighted by atomic mass is 10.1. The molecule has 1 amide bonds. The molecule has 1 fully saturated rings. The van der Waals surface area contributed by atoms with E-state index in [9.17, 15) is 26.4 Å². The second kappa shape index (κ2) is 11.7. The van der Waals surface area contributed by atoms with Gasteiger partial charge in [-0.2, -0.15) is 18.3 Å². The molecular formula is C27H25F3N6O4S. The second-order valence-corrected chi connectivity index (χ2v) is 11.7. The first-order chi connectivity index (χ1) is 19.5. The Kier molecular flexibility index (Phi) is 8.03. The minimum absolute atomic E-state index is 0.142. The van der Waals surface area contributed by atoms with E-state index < -0.39 is 22.6 Å². The second-order valence-electron chi connectivity index (χ2n) is 9.43. The lowest BCUT2D eigenvalue weighted by Crippen LogP contribution is -2.39. The molecule has 4 aromatic rings. The summed E-state index contributed by atoms with van der Waals surface area (Å²) in [4.78, 5) is 23.3. The Morgan fingerprint density at radius 2 is 1.73 bits per heavy atom. The van der Waals surface area contributed by atoms with E-state index in [0.717, 1.165) is 5.56 Å². The zero-order chi connectivity index (χ0) is 29.0. The third-order valence-corrected chi connectivity index (χ3v) is 7.88. The molecule has 2 N–H and O–H groups in total. The fourth-order valence-corrected chi connectivity index (χ4v) is 5.45. The Labute approximate surface area is 233 Å². The third-order valence-electron chi connectivity index (χ3n) is 6.27. The van der Waals surface area contributed by atoms with E-state index in [1.165, 1.54) is 12.1 Å². The van der Waals surface area contributed by atoms with Crippen molar-refractivity contribution < 1.29 is 31.1 Å². The van der Waals surface area contributed by atoms with Crippen LogP contribution in [0.1, 0.15) is 15.9 Å². The third kappa shape index (κ3) is 7.67. The highest BCUT2D eigenvalue weighted by molar-refractivity contribution is 7.91. The van der Waals surface area contributed by atoms with Crippen molar-refractivity contribution in [3.63, 3.8) is 0 Å². The van der Waals surface area contributed by atoms with Crippen LogP contribution in [0, 0.1) is 0 Å². The number of amides is 1. The zero-order valence-electron chi connectivity index (χ0n) is 21.6. The zero-order valence-corrected chi connectivity index (χ0v) is 22.4. The average Bonchev–Trinajstić information content (AvgIpc) is 3.44. The molecule has 14 heteroatoms. The van der Waals surface area contributed by atoms with Crippen molar-refractivity contribution in [3.8, 4) is 28.8 Å². The van der Waals surface area contributed by atoms with Gasteiger partial charge in [-0.1, -0.05) is 18.2 Å². The highest BCUT2D eigenvalue weighted by Gasteiger charge is 2.28. The lowest BCUT2D eigenvalue weighted by molar-refractivity contribution is -0.154. The number of ether oxygens (including phenoxy) is 1. The molecule has 5 rings (SSSR count). The summed E-state index contributed by atoms with van der Waals surface area (Å²) in [5.41, 5.74) is 2.85. The minimum Gasteiger partial charge on any atom is -0.468 e. The van der Waals surface area contributed by atoms with Crippen molar-refractivity contribution in [3.05, 3.63) is 77.9 Å². The molecule has 0 radical (unpaired) electrons. The Bertz CT molecular complexity index is 1630. The predicted molar refractivity (Wildman–Crippen MR) is 145 cm³/mol. The number of hydrogen-bond donors (Lipinski definition) is 2. The van der Waals surface area contributed by atoms with Gasteiger partial charge in [-0.3, -0.25) is 14.8 Å². The van der Waals surface area contributed by atoms with Crippen LogP contribution >= 0.6 is 0 Å². The molecule has 2 aromatic heterocycles. The van der Waals surface area contributed by atoms with E-state index in [4.69, 9.17) is 4.74 Å². The number of anilines is 1. The summed E-state index contributed by atoms with van der Waals surface area (Å²) in [7, 11) is -2.96. The van der Waals surface area contributed by atoms with Gasteiger partial charge in [0.2, 0.25) is 5.88 Å². The largest absolute Gasteiger partial charge is 0.468 e. The Hall–Kier alpha value is -4.30. The summed E-state index contributed by atoms with van der Waals surface area (Å²) in [6.07, 6.45) is -4.48. The number of sulfone groups is 1. The van der Waals surface area contributed by atoms with Gasteiger partial charge in [-0.05, 0) is 48.0 Å². The molecule has 10 nitrogen and oxygen atoms in total. The van der Waals surface area contributed by atoms with Crippen LogP contribution in [0.3, 0.4) is 0 Å². The fraction of sp³-hybridized carbons (Fsp3) is 0.259. The van der Waals surface area contributed by atoms with E-state index in [-0.39, 0.29) is 34.8 Å². The van der Waals surface area contributed by atoms with Crippen molar-refractivity contribution in [2.75, 3.05) is 36.5 Å². The number of nitrogens with one attached hydrogen (secondary N) is 2. The first kappa shape index (κ1) is 28.2. The van der Waals surface area contributed by atoms with Gasteiger partial charge in [-0.15, -0.1) is 0 Å². The van der Waals surface area contributed by atoms with Gasteiger partial charge in [0.05, 0.1) is 11.5 Å². The van der Waals surface area contributed by atoms with E-state index in [1.807, 2.05) is 6.07 Å². The van der Waals surface area contributed by atoms with Crippen molar-refractivity contribution in [2.24, 2.45) is 0 Å². The van der Waals surface area contributed by atoms with Crippen LogP contribution in [0.4, 0.5) is 18.9 Å². The van der Waals surface area contributed by atoms with E-state index >= 15 is 0 Å². The molecular weight excluding hydrogens is 561 g/mol. The summed E-state index contributed by atoms with van der Waals surface area (Å²) in [6, 6.07) is 18.4. The average molecular weight is 587 g/mol. The number of halogens is 3. The first-order valence-corrected chi connectivity index (χ1v) is 14.4. The number of aromatic nitrogens is 4. The molecule has 1 saturated heterocycles. The van der Waals surface area contributed by atoms with Gasteiger partial charge in [0.15, 0.2) is 28.1 Å². The molecule has 2 aromatic carbocycles. The normalized spacial score (nSPS) is 15.4. The SMILES string of the molecule is O=C(Nc1ccc(-c2n[nH]c(-c3cccc(OCC(F)(F)F)n3)n2)cc1)c1cccc(CN2CCS(=O)(=O)CC2)c1. The van der Waals surface area contributed by atoms with Gasteiger partial charge in [0.25, 0.3) is 5.91 Å². The van der Waals surface area contributed by atoms with Crippen molar-refractivity contribution >= 4 is 21.4 Å². The van der Waals surface area contributed by atoms with Crippen LogP contribution in [0.15, 0.2) is 66.7 Å². The smallest absolute Gasteiger partial charge is 0.422 e. The van der Waals surface area contributed by atoms with E-state index in [0.29, 0.717) is 42.3 Å². The predicted octanol–water partition coefficient (Wildman–Crippen LogP) is 3.96. The topological polar surface area (TPSA) is 130 Å². The number of aromatic amines is 1. The Morgan fingerprint density at radius 1 is 1.00 bits per heavy atom. The molecule has 41 heavy (non-hydrogen) atoms. The quantitative estimate of drug-likeness (QED) is 0.318. The van der Waals surface area contributed by atoms with Crippen LogP contribution in [0.5, 0.6) is 5.88 Å². The van der Waals surface area contributed by atoms with E-state index in [1.54, 1.807) is 48.5 Å². The molecule has 0 spiro atoms. The number of H-pyrrole nitrogens is 1. The lowest BCUT2D eigenvalue weighted by Gasteiger charge is -2.26. The van der Waals surface area contributed by atoms with Crippen molar-refractivity contribution in [1.29, 1.82) is 0 Å². The Morgan fingerprint density at radius 3 is 2.46 bits per heavy atom. The number of hydrogen-bond acceptors (Lipinski definition) is 8. The first-order valence-electron chi connectivity index (χ1n) is 12.6.